The Kier molecular flexibility index (Phi) is 10.0. The second kappa shape index (κ2) is 12.8. The number of halogens is 1. The van der Waals surface area contributed by atoms with Gasteiger partial charge in [0, 0.05) is 30.6 Å². The van der Waals surface area contributed by atoms with Crippen molar-refractivity contribution in [1.29, 1.82) is 0 Å². The van der Waals surface area contributed by atoms with Crippen LogP contribution in [0.15, 0.2) is 42.5 Å². The van der Waals surface area contributed by atoms with Gasteiger partial charge in [-0.25, -0.2) is 8.42 Å². The molecule has 1 fully saturated rings. The molecule has 202 valence electrons. The van der Waals surface area contributed by atoms with E-state index in [4.69, 9.17) is 11.6 Å². The molecule has 0 unspecified atom stereocenters. The lowest BCUT2D eigenvalue weighted by Crippen LogP contribution is -2.49. The molecule has 1 saturated carbocycles. The van der Waals surface area contributed by atoms with Crippen molar-refractivity contribution in [2.75, 3.05) is 17.1 Å². The molecule has 7 nitrogen and oxygen atoms in total. The lowest BCUT2D eigenvalue weighted by Gasteiger charge is -2.30. The highest BCUT2D eigenvalue weighted by molar-refractivity contribution is 7.92. The molecule has 37 heavy (non-hydrogen) atoms. The van der Waals surface area contributed by atoms with E-state index in [2.05, 4.69) is 5.32 Å². The van der Waals surface area contributed by atoms with Crippen LogP contribution in [-0.2, 0) is 26.2 Å². The standard InChI is InChI=1S/C28H38ClN3O4S/c1-20-14-16-23(17-15-20)19-31(22(3)28(34)30-24-9-5-6-10-24)27(33)13-8-18-32(37(4,35)36)26-12-7-11-25(29)21(26)2/h7,11-12,14-17,22,24H,5-6,8-10,13,18-19H2,1-4H3,(H,30,34)/t22-/m0/s1. The predicted molar refractivity (Wildman–Crippen MR) is 149 cm³/mol. The van der Waals surface area contributed by atoms with Gasteiger partial charge in [-0.2, -0.15) is 0 Å². The van der Waals surface area contributed by atoms with Crippen molar-refractivity contribution in [3.05, 3.63) is 64.2 Å². The molecule has 0 aliphatic heterocycles. The summed E-state index contributed by atoms with van der Waals surface area (Å²) in [5.74, 6) is -0.342. The van der Waals surface area contributed by atoms with E-state index in [-0.39, 0.29) is 30.8 Å². The molecule has 0 spiro atoms. The Morgan fingerprint density at radius 1 is 1.08 bits per heavy atom. The molecule has 0 radical (unpaired) electrons. The monoisotopic (exact) mass is 547 g/mol. The summed E-state index contributed by atoms with van der Waals surface area (Å²) in [5.41, 5.74) is 3.22. The van der Waals surface area contributed by atoms with Crippen LogP contribution in [0.3, 0.4) is 0 Å². The third-order valence-corrected chi connectivity index (χ3v) is 8.59. The van der Waals surface area contributed by atoms with Gasteiger partial charge >= 0.3 is 0 Å². The second-order valence-electron chi connectivity index (χ2n) is 10.00. The van der Waals surface area contributed by atoms with Crippen molar-refractivity contribution in [1.82, 2.24) is 10.2 Å². The maximum Gasteiger partial charge on any atom is 0.242 e. The molecule has 0 saturated heterocycles. The molecule has 1 aliphatic carbocycles. The molecule has 2 aromatic carbocycles. The first-order valence-corrected chi connectivity index (χ1v) is 15.1. The van der Waals surface area contributed by atoms with Crippen LogP contribution in [0.4, 0.5) is 5.69 Å². The fourth-order valence-corrected chi connectivity index (χ4v) is 5.90. The number of carbonyl (C=O) groups excluding carboxylic acids is 2. The Bertz CT molecular complexity index is 1190. The summed E-state index contributed by atoms with van der Waals surface area (Å²) >= 11 is 6.23. The topological polar surface area (TPSA) is 86.8 Å². The molecule has 2 aromatic rings. The number of amides is 2. The third-order valence-electron chi connectivity index (χ3n) is 7.00. The van der Waals surface area contributed by atoms with Crippen molar-refractivity contribution in [3.63, 3.8) is 0 Å². The lowest BCUT2D eigenvalue weighted by atomic mass is 10.1. The van der Waals surface area contributed by atoms with Crippen LogP contribution in [0, 0.1) is 13.8 Å². The number of carbonyl (C=O) groups is 2. The maximum absolute atomic E-state index is 13.4. The van der Waals surface area contributed by atoms with Gasteiger partial charge in [0.05, 0.1) is 11.9 Å². The van der Waals surface area contributed by atoms with Gasteiger partial charge in [0.15, 0.2) is 0 Å². The van der Waals surface area contributed by atoms with E-state index in [1.807, 2.05) is 31.2 Å². The Labute approximate surface area is 226 Å². The summed E-state index contributed by atoms with van der Waals surface area (Å²) in [5, 5.41) is 3.58. The lowest BCUT2D eigenvalue weighted by molar-refractivity contribution is -0.141. The van der Waals surface area contributed by atoms with E-state index < -0.39 is 16.1 Å². The van der Waals surface area contributed by atoms with Crippen LogP contribution >= 0.6 is 11.6 Å². The SMILES string of the molecule is Cc1ccc(CN(C(=O)CCCN(c2cccc(Cl)c2C)S(C)(=O)=O)[C@@H](C)C(=O)NC2CCCC2)cc1. The summed E-state index contributed by atoms with van der Waals surface area (Å²) in [4.78, 5) is 28.1. The Balaban J connectivity index is 1.73. The normalized spacial score (nSPS) is 14.8. The Morgan fingerprint density at radius 2 is 1.73 bits per heavy atom. The number of sulfonamides is 1. The number of aryl methyl sites for hydroxylation is 1. The van der Waals surface area contributed by atoms with Crippen LogP contribution in [0.1, 0.15) is 62.1 Å². The first-order chi connectivity index (χ1) is 17.5. The first-order valence-electron chi connectivity index (χ1n) is 12.9. The van der Waals surface area contributed by atoms with Crippen molar-refractivity contribution < 1.29 is 18.0 Å². The van der Waals surface area contributed by atoms with Crippen LogP contribution < -0.4 is 9.62 Å². The number of benzene rings is 2. The van der Waals surface area contributed by atoms with Crippen molar-refractivity contribution in [2.24, 2.45) is 0 Å². The highest BCUT2D eigenvalue weighted by atomic mass is 35.5. The molecular weight excluding hydrogens is 510 g/mol. The van der Waals surface area contributed by atoms with Crippen LogP contribution in [-0.4, -0.2) is 50.0 Å². The van der Waals surface area contributed by atoms with E-state index in [0.29, 0.717) is 29.2 Å². The molecule has 2 amide bonds. The Hall–Kier alpha value is -2.58. The van der Waals surface area contributed by atoms with Gasteiger partial charge in [-0.1, -0.05) is 60.3 Å². The molecule has 1 atom stereocenters. The number of anilines is 1. The fraction of sp³-hybridized carbons (Fsp3) is 0.500. The zero-order valence-corrected chi connectivity index (χ0v) is 23.7. The van der Waals surface area contributed by atoms with E-state index in [0.717, 1.165) is 43.1 Å². The van der Waals surface area contributed by atoms with Crippen LogP contribution in [0.5, 0.6) is 0 Å². The highest BCUT2D eigenvalue weighted by Crippen LogP contribution is 2.28. The molecule has 0 heterocycles. The van der Waals surface area contributed by atoms with E-state index in [9.17, 15) is 18.0 Å². The summed E-state index contributed by atoms with van der Waals surface area (Å²) < 4.78 is 26.4. The first kappa shape index (κ1) is 29.0. The molecule has 9 heteroatoms. The average molecular weight is 548 g/mol. The van der Waals surface area contributed by atoms with Gasteiger partial charge in [-0.3, -0.25) is 13.9 Å². The summed E-state index contributed by atoms with van der Waals surface area (Å²) in [6, 6.07) is 12.5. The maximum atomic E-state index is 13.4. The fourth-order valence-electron chi connectivity index (χ4n) is 4.71. The smallest absolute Gasteiger partial charge is 0.242 e. The second-order valence-corrected chi connectivity index (χ2v) is 12.3. The van der Waals surface area contributed by atoms with Crippen LogP contribution in [0.2, 0.25) is 5.02 Å². The average Bonchev–Trinajstić information content (AvgIpc) is 3.35. The minimum absolute atomic E-state index is 0.110. The predicted octanol–water partition coefficient (Wildman–Crippen LogP) is 4.98. The Morgan fingerprint density at radius 3 is 2.35 bits per heavy atom. The van der Waals surface area contributed by atoms with E-state index in [1.54, 1.807) is 36.9 Å². The van der Waals surface area contributed by atoms with E-state index in [1.165, 1.54) is 4.31 Å². The van der Waals surface area contributed by atoms with Crippen LogP contribution in [0.25, 0.3) is 0 Å². The minimum atomic E-state index is -3.59. The molecule has 0 bridgehead atoms. The zero-order chi connectivity index (χ0) is 27.2. The summed E-state index contributed by atoms with van der Waals surface area (Å²) in [6.07, 6.45) is 5.71. The van der Waals surface area contributed by atoms with Gasteiger partial charge < -0.3 is 10.2 Å². The highest BCUT2D eigenvalue weighted by Gasteiger charge is 2.29. The summed E-state index contributed by atoms with van der Waals surface area (Å²) in [7, 11) is -3.59. The largest absolute Gasteiger partial charge is 0.352 e. The van der Waals surface area contributed by atoms with Gasteiger partial charge in [-0.15, -0.1) is 0 Å². The van der Waals surface area contributed by atoms with Gasteiger partial charge in [0.2, 0.25) is 21.8 Å². The number of nitrogens with one attached hydrogen (secondary N) is 1. The number of hydrogen-bond donors (Lipinski definition) is 1. The third kappa shape index (κ3) is 7.95. The van der Waals surface area contributed by atoms with Gasteiger partial charge in [0.25, 0.3) is 0 Å². The van der Waals surface area contributed by atoms with Gasteiger partial charge in [-0.05, 0) is 63.3 Å². The number of hydrogen-bond acceptors (Lipinski definition) is 4. The van der Waals surface area contributed by atoms with E-state index >= 15 is 0 Å². The number of nitrogens with zero attached hydrogens (tertiary/aromatic N) is 2. The van der Waals surface area contributed by atoms with Crippen molar-refractivity contribution in [2.45, 2.75) is 77.9 Å². The summed E-state index contributed by atoms with van der Waals surface area (Å²) in [6.45, 7) is 5.97. The molecular formula is C28H38ClN3O4S. The zero-order valence-electron chi connectivity index (χ0n) is 22.2. The minimum Gasteiger partial charge on any atom is -0.352 e. The molecule has 1 N–H and O–H groups in total. The van der Waals surface area contributed by atoms with Gasteiger partial charge in [0.1, 0.15) is 6.04 Å². The number of rotatable bonds is 11. The van der Waals surface area contributed by atoms with Crippen molar-refractivity contribution >= 4 is 39.1 Å². The molecule has 0 aromatic heterocycles. The molecule has 1 aliphatic rings. The van der Waals surface area contributed by atoms with Crippen molar-refractivity contribution in [3.8, 4) is 0 Å². The quantitative estimate of drug-likeness (QED) is 0.430. The molecule has 3 rings (SSSR count).